The minimum absolute atomic E-state index is 0.109. The fourth-order valence-corrected chi connectivity index (χ4v) is 3.97. The Hall–Kier alpha value is -1.84. The number of amides is 1. The molecule has 1 aromatic rings. The second-order valence-corrected chi connectivity index (χ2v) is 6.98. The normalized spacial score (nSPS) is 26.8. The Morgan fingerprint density at radius 1 is 1.12 bits per heavy atom. The van der Waals surface area contributed by atoms with Gasteiger partial charge in [-0.3, -0.25) is 4.79 Å². The standard InChI is InChI=1S/C20H28N2O2/c1-3-24-16-12-10-15(11-13-16)14(2)21-22-20(23)19-17-8-6-4-5-7-9-18(17)19/h10-13,17-19H,3-9H2,1-2H3,(H,22,23). The molecule has 0 aliphatic heterocycles. The number of hydrogen-bond donors (Lipinski definition) is 1. The first kappa shape index (κ1) is 17.0. The molecule has 1 amide bonds. The third-order valence-electron chi connectivity index (χ3n) is 5.38. The van der Waals surface area contributed by atoms with Crippen LogP contribution in [0.3, 0.4) is 0 Å². The smallest absolute Gasteiger partial charge is 0.243 e. The van der Waals surface area contributed by atoms with Crippen molar-refractivity contribution in [3.63, 3.8) is 0 Å². The Morgan fingerprint density at radius 3 is 2.33 bits per heavy atom. The number of nitrogens with one attached hydrogen (secondary N) is 1. The van der Waals surface area contributed by atoms with Gasteiger partial charge in [-0.2, -0.15) is 5.10 Å². The summed E-state index contributed by atoms with van der Waals surface area (Å²) < 4.78 is 5.44. The zero-order chi connectivity index (χ0) is 16.9. The predicted molar refractivity (Wildman–Crippen MR) is 96.1 cm³/mol. The molecule has 130 valence electrons. The van der Waals surface area contributed by atoms with Gasteiger partial charge in [0.25, 0.3) is 0 Å². The van der Waals surface area contributed by atoms with Crippen molar-refractivity contribution in [1.82, 2.24) is 5.43 Å². The maximum Gasteiger partial charge on any atom is 0.243 e. The van der Waals surface area contributed by atoms with E-state index in [1.165, 1.54) is 38.5 Å². The number of benzene rings is 1. The molecule has 2 fully saturated rings. The number of nitrogens with zero attached hydrogens (tertiary/aromatic N) is 1. The van der Waals surface area contributed by atoms with Gasteiger partial charge in [-0.15, -0.1) is 0 Å². The van der Waals surface area contributed by atoms with E-state index in [1.807, 2.05) is 38.1 Å². The molecule has 1 N–H and O–H groups in total. The number of ether oxygens (including phenoxy) is 1. The summed E-state index contributed by atoms with van der Waals surface area (Å²) in [6.45, 7) is 4.55. The molecule has 4 nitrogen and oxygen atoms in total. The highest BCUT2D eigenvalue weighted by Crippen LogP contribution is 2.53. The molecule has 2 saturated carbocycles. The molecular formula is C20H28N2O2. The molecule has 2 aliphatic carbocycles. The third kappa shape index (κ3) is 3.97. The van der Waals surface area contributed by atoms with Crippen molar-refractivity contribution in [1.29, 1.82) is 0 Å². The SMILES string of the molecule is CCOc1ccc(C(C)=NNC(=O)C2C3CCCCCCC32)cc1. The largest absolute Gasteiger partial charge is 0.494 e. The van der Waals surface area contributed by atoms with E-state index in [0.717, 1.165) is 17.0 Å². The summed E-state index contributed by atoms with van der Waals surface area (Å²) in [7, 11) is 0. The van der Waals surface area contributed by atoms with Crippen LogP contribution in [0.1, 0.15) is 57.9 Å². The number of carbonyl (C=O) groups excluding carboxylic acids is 1. The summed E-state index contributed by atoms with van der Waals surface area (Å²) in [5.41, 5.74) is 4.62. The second kappa shape index (κ2) is 7.82. The van der Waals surface area contributed by atoms with Gasteiger partial charge in [-0.05, 0) is 68.4 Å². The number of carbonyl (C=O) groups is 1. The zero-order valence-electron chi connectivity index (χ0n) is 14.8. The highest BCUT2D eigenvalue weighted by molar-refractivity contribution is 5.99. The van der Waals surface area contributed by atoms with E-state index < -0.39 is 0 Å². The van der Waals surface area contributed by atoms with Gasteiger partial charge in [0.15, 0.2) is 0 Å². The Morgan fingerprint density at radius 2 is 1.75 bits per heavy atom. The maximum atomic E-state index is 12.4. The van der Waals surface area contributed by atoms with Gasteiger partial charge in [-0.1, -0.05) is 25.7 Å². The summed E-state index contributed by atoms with van der Waals surface area (Å²) in [6, 6.07) is 7.81. The van der Waals surface area contributed by atoms with E-state index in [4.69, 9.17) is 4.74 Å². The minimum atomic E-state index is 0.109. The average Bonchev–Trinajstić information content (AvgIpc) is 3.24. The Bertz CT molecular complexity index is 580. The van der Waals surface area contributed by atoms with E-state index in [9.17, 15) is 4.79 Å². The molecule has 2 unspecified atom stereocenters. The first-order valence-corrected chi connectivity index (χ1v) is 9.28. The van der Waals surface area contributed by atoms with Crippen LogP contribution in [0.5, 0.6) is 5.75 Å². The van der Waals surface area contributed by atoms with Gasteiger partial charge < -0.3 is 4.74 Å². The van der Waals surface area contributed by atoms with Crippen LogP contribution in [-0.4, -0.2) is 18.2 Å². The highest BCUT2D eigenvalue weighted by Gasteiger charge is 2.53. The van der Waals surface area contributed by atoms with Crippen molar-refractivity contribution in [2.24, 2.45) is 22.9 Å². The van der Waals surface area contributed by atoms with Gasteiger partial charge in [-0.25, -0.2) is 5.43 Å². The fraction of sp³-hybridized carbons (Fsp3) is 0.600. The van der Waals surface area contributed by atoms with Gasteiger partial charge in [0.2, 0.25) is 5.91 Å². The number of hydrogen-bond acceptors (Lipinski definition) is 3. The first-order valence-electron chi connectivity index (χ1n) is 9.28. The molecule has 4 heteroatoms. The zero-order valence-corrected chi connectivity index (χ0v) is 14.8. The average molecular weight is 328 g/mol. The van der Waals surface area contributed by atoms with E-state index in [-0.39, 0.29) is 11.8 Å². The lowest BCUT2D eigenvalue weighted by molar-refractivity contribution is -0.122. The molecule has 3 rings (SSSR count). The van der Waals surface area contributed by atoms with Crippen molar-refractivity contribution < 1.29 is 9.53 Å². The molecule has 0 bridgehead atoms. The van der Waals surface area contributed by atoms with Crippen LogP contribution >= 0.6 is 0 Å². The van der Waals surface area contributed by atoms with Crippen LogP contribution in [0, 0.1) is 17.8 Å². The third-order valence-corrected chi connectivity index (χ3v) is 5.38. The lowest BCUT2D eigenvalue weighted by atomic mass is 10.0. The van der Waals surface area contributed by atoms with Crippen LogP contribution in [0.15, 0.2) is 29.4 Å². The van der Waals surface area contributed by atoms with Crippen molar-refractivity contribution >= 4 is 11.6 Å². The van der Waals surface area contributed by atoms with Crippen molar-refractivity contribution in [3.05, 3.63) is 29.8 Å². The molecule has 0 spiro atoms. The molecule has 0 aromatic heterocycles. The highest BCUT2D eigenvalue weighted by atomic mass is 16.5. The minimum Gasteiger partial charge on any atom is -0.494 e. The molecule has 0 heterocycles. The molecular weight excluding hydrogens is 300 g/mol. The fourth-order valence-electron chi connectivity index (χ4n) is 3.97. The maximum absolute atomic E-state index is 12.4. The summed E-state index contributed by atoms with van der Waals surface area (Å²) >= 11 is 0. The molecule has 2 aliphatic rings. The summed E-state index contributed by atoms with van der Waals surface area (Å²) in [5, 5.41) is 4.31. The van der Waals surface area contributed by atoms with Gasteiger partial charge >= 0.3 is 0 Å². The molecule has 0 radical (unpaired) electrons. The van der Waals surface area contributed by atoms with Crippen LogP contribution < -0.4 is 10.2 Å². The molecule has 24 heavy (non-hydrogen) atoms. The van der Waals surface area contributed by atoms with Gasteiger partial charge in [0, 0.05) is 5.92 Å². The summed E-state index contributed by atoms with van der Waals surface area (Å²) in [6.07, 6.45) is 7.63. The number of hydrazone groups is 1. The van der Waals surface area contributed by atoms with E-state index in [2.05, 4.69) is 10.5 Å². The van der Waals surface area contributed by atoms with Crippen LogP contribution in [0.25, 0.3) is 0 Å². The topological polar surface area (TPSA) is 50.7 Å². The van der Waals surface area contributed by atoms with Gasteiger partial charge in [0.05, 0.1) is 12.3 Å². The second-order valence-electron chi connectivity index (χ2n) is 6.98. The first-order chi connectivity index (χ1) is 11.7. The molecule has 2 atom stereocenters. The van der Waals surface area contributed by atoms with Crippen molar-refractivity contribution in [2.75, 3.05) is 6.61 Å². The Labute approximate surface area is 144 Å². The summed E-state index contributed by atoms with van der Waals surface area (Å²) in [4.78, 5) is 12.4. The van der Waals surface area contributed by atoms with Crippen molar-refractivity contribution in [2.45, 2.75) is 52.4 Å². The monoisotopic (exact) mass is 328 g/mol. The van der Waals surface area contributed by atoms with Crippen LogP contribution in [-0.2, 0) is 4.79 Å². The number of fused-ring (bicyclic) bond motifs is 1. The van der Waals surface area contributed by atoms with Crippen molar-refractivity contribution in [3.8, 4) is 5.75 Å². The summed E-state index contributed by atoms with van der Waals surface area (Å²) in [5.74, 6) is 2.36. The number of rotatable bonds is 5. The lowest BCUT2D eigenvalue weighted by Crippen LogP contribution is -2.22. The van der Waals surface area contributed by atoms with E-state index in [1.54, 1.807) is 0 Å². The van der Waals surface area contributed by atoms with Crippen LogP contribution in [0.2, 0.25) is 0 Å². The van der Waals surface area contributed by atoms with E-state index >= 15 is 0 Å². The Kier molecular flexibility index (Phi) is 5.54. The van der Waals surface area contributed by atoms with E-state index in [0.29, 0.717) is 18.4 Å². The van der Waals surface area contributed by atoms with Crippen LogP contribution in [0.4, 0.5) is 0 Å². The lowest BCUT2D eigenvalue weighted by Gasteiger charge is -2.05. The predicted octanol–water partition coefficient (Wildman–Crippen LogP) is 4.14. The quantitative estimate of drug-likeness (QED) is 0.652. The molecule has 1 aromatic carbocycles. The van der Waals surface area contributed by atoms with Gasteiger partial charge in [0.1, 0.15) is 5.75 Å². The molecule has 0 saturated heterocycles. The Balaban J connectivity index is 1.55.